The van der Waals surface area contributed by atoms with Crippen molar-refractivity contribution in [3.8, 4) is 0 Å². The Bertz CT molecular complexity index is 4310. The third kappa shape index (κ3) is 14.7. The lowest BCUT2D eigenvalue weighted by Crippen LogP contribution is -2.31. The van der Waals surface area contributed by atoms with E-state index in [1.165, 1.54) is 36.2 Å². The number of halogens is 1. The molecule has 2 aromatic heterocycles. The number of anilines is 6. The molecule has 0 atom stereocenters. The molecule has 0 spiro atoms. The van der Waals surface area contributed by atoms with Gasteiger partial charge in [-0.3, -0.25) is 32.1 Å². The molecule has 1 N–H and O–H groups in total. The van der Waals surface area contributed by atoms with E-state index in [1.807, 2.05) is 78.9 Å². The largest absolute Gasteiger partial charge is 0.337 e. The van der Waals surface area contributed by atoms with Crippen molar-refractivity contribution in [1.82, 2.24) is 24.6 Å². The van der Waals surface area contributed by atoms with Crippen LogP contribution in [0.2, 0.25) is 5.02 Å². The number of carbonyl (C=O) groups excluding carboxylic acids is 3. The van der Waals surface area contributed by atoms with Crippen molar-refractivity contribution in [2.75, 3.05) is 53.8 Å². The smallest absolute Gasteiger partial charge is 0.321 e. The van der Waals surface area contributed by atoms with Gasteiger partial charge in [-0.15, -0.1) is 0 Å². The van der Waals surface area contributed by atoms with Gasteiger partial charge in [0, 0.05) is 87.6 Å². The second-order valence-electron chi connectivity index (χ2n) is 21.3. The van der Waals surface area contributed by atoms with Crippen molar-refractivity contribution in [2.24, 2.45) is 14.1 Å². The van der Waals surface area contributed by atoms with Crippen molar-refractivity contribution in [2.45, 2.75) is 67.1 Å². The highest BCUT2D eigenvalue weighted by Crippen LogP contribution is 2.34. The van der Waals surface area contributed by atoms with Crippen molar-refractivity contribution >= 4 is 93.6 Å². The van der Waals surface area contributed by atoms with Gasteiger partial charge >= 0.3 is 6.03 Å². The Morgan fingerprint density at radius 2 is 0.933 bits per heavy atom. The van der Waals surface area contributed by atoms with Gasteiger partial charge in [-0.2, -0.15) is 13.5 Å². The van der Waals surface area contributed by atoms with Crippen LogP contribution in [0.5, 0.6) is 0 Å². The summed E-state index contributed by atoms with van der Waals surface area (Å²) in [5, 5.41) is 7.34. The molecule has 24 heteroatoms. The van der Waals surface area contributed by atoms with Gasteiger partial charge in [0.05, 0.1) is 47.8 Å². The number of nitrogens with one attached hydrogen (secondary N) is 1. The number of amides is 4. The Balaban J connectivity index is 0.000000147. The van der Waals surface area contributed by atoms with Crippen molar-refractivity contribution in [3.63, 3.8) is 0 Å². The second kappa shape index (κ2) is 27.4. The summed E-state index contributed by atoms with van der Waals surface area (Å²) in [5.41, 5.74) is 6.07. The summed E-state index contributed by atoms with van der Waals surface area (Å²) in [5.74, 6) is 0.706. The number of aryl methyl sites for hydroxylation is 3. The van der Waals surface area contributed by atoms with Crippen molar-refractivity contribution in [1.29, 1.82) is 0 Å². The van der Waals surface area contributed by atoms with Crippen LogP contribution in [0.1, 0.15) is 48.2 Å². The minimum Gasteiger partial charge on any atom is -0.337 e. The molecule has 0 unspecified atom stereocenters. The van der Waals surface area contributed by atoms with Crippen LogP contribution >= 0.6 is 11.6 Å². The zero-order valence-corrected chi connectivity index (χ0v) is 52.4. The molecular formula is C65H66ClN11O9S3. The van der Waals surface area contributed by atoms with Crippen LogP contribution in [0.4, 0.5) is 38.9 Å². The average Bonchev–Trinajstić information content (AvgIpc) is 2.19. The summed E-state index contributed by atoms with van der Waals surface area (Å²) in [4.78, 5) is 46.0. The first kappa shape index (κ1) is 62.8. The molecule has 3 fully saturated rings. The molecule has 12 rings (SSSR count). The van der Waals surface area contributed by atoms with Crippen LogP contribution < -0.4 is 32.9 Å². The van der Waals surface area contributed by atoms with E-state index in [-0.39, 0.29) is 52.3 Å². The Hall–Kier alpha value is -9.29. The highest BCUT2D eigenvalue weighted by atomic mass is 35.5. The number of aromatic nitrogens is 4. The Morgan fingerprint density at radius 3 is 1.34 bits per heavy atom. The highest BCUT2D eigenvalue weighted by molar-refractivity contribution is 7.93. The lowest BCUT2D eigenvalue weighted by molar-refractivity contribution is -0.117. The van der Waals surface area contributed by atoms with Gasteiger partial charge in [-0.1, -0.05) is 121 Å². The number of urea groups is 1. The SMILES string of the molecule is Cc1nc(S(=O)(=O)N(Cc2ccc(Cl)cc2)c2cccc(N3CCCC3=O)c2)cn1C.Cn1cc(S(=O)(=O)N(Cc2ccccc2)c2cccc(N3CCCC3=O)c2)cn1.O=C1NCCN1c1cccc(N(Cc2ccccc2)S(=O)(=O)c2ccccc2)c1. The lowest BCUT2D eigenvalue weighted by atomic mass is 10.2. The molecule has 5 heterocycles. The van der Waals surface area contributed by atoms with Gasteiger partial charge in [0.25, 0.3) is 30.1 Å². The van der Waals surface area contributed by atoms with Gasteiger partial charge in [-0.05, 0) is 115 Å². The molecular weight excluding hydrogens is 1210 g/mol. The molecule has 0 aliphatic carbocycles. The van der Waals surface area contributed by atoms with Gasteiger partial charge in [0.15, 0.2) is 5.03 Å². The van der Waals surface area contributed by atoms with E-state index < -0.39 is 30.1 Å². The first-order valence-corrected chi connectivity index (χ1v) is 33.4. The van der Waals surface area contributed by atoms with E-state index in [1.54, 1.807) is 149 Å². The predicted octanol–water partition coefficient (Wildman–Crippen LogP) is 10.5. The summed E-state index contributed by atoms with van der Waals surface area (Å²) in [6.45, 7) is 4.62. The quantitative estimate of drug-likeness (QED) is 0.0851. The van der Waals surface area contributed by atoms with E-state index in [9.17, 15) is 39.6 Å². The maximum atomic E-state index is 13.6. The molecule has 460 valence electrons. The number of hydrogen-bond acceptors (Lipinski definition) is 11. The molecule has 7 aromatic carbocycles. The van der Waals surface area contributed by atoms with E-state index in [2.05, 4.69) is 15.4 Å². The number of nitrogens with zero attached hydrogens (tertiary/aromatic N) is 10. The predicted molar refractivity (Wildman–Crippen MR) is 345 cm³/mol. The molecule has 0 bridgehead atoms. The summed E-state index contributed by atoms with van der Waals surface area (Å²) >= 11 is 6.00. The van der Waals surface area contributed by atoms with E-state index in [0.717, 1.165) is 29.5 Å². The molecule has 0 saturated carbocycles. The minimum atomic E-state index is -3.95. The summed E-state index contributed by atoms with van der Waals surface area (Å²) in [6, 6.07) is 55.4. The first-order chi connectivity index (χ1) is 42.8. The normalized spacial score (nSPS) is 14.2. The summed E-state index contributed by atoms with van der Waals surface area (Å²) < 4.78 is 88.2. The van der Waals surface area contributed by atoms with Crippen LogP contribution in [-0.2, 0) is 73.4 Å². The number of hydrogen-bond donors (Lipinski definition) is 1. The molecule has 9 aromatic rings. The van der Waals surface area contributed by atoms with E-state index in [4.69, 9.17) is 11.6 Å². The zero-order chi connectivity index (χ0) is 62.9. The van der Waals surface area contributed by atoms with Crippen LogP contribution in [0.3, 0.4) is 0 Å². The van der Waals surface area contributed by atoms with Gasteiger partial charge in [-0.25, -0.2) is 26.6 Å². The maximum Gasteiger partial charge on any atom is 0.321 e. The van der Waals surface area contributed by atoms with E-state index in [0.29, 0.717) is 84.0 Å². The molecule has 20 nitrogen and oxygen atoms in total. The number of imidazole rings is 1. The fourth-order valence-electron chi connectivity index (χ4n) is 10.4. The molecule has 3 saturated heterocycles. The van der Waals surface area contributed by atoms with E-state index >= 15 is 0 Å². The Labute approximate surface area is 524 Å². The second-order valence-corrected chi connectivity index (χ2v) is 27.2. The fourth-order valence-corrected chi connectivity index (χ4v) is 14.8. The first-order valence-electron chi connectivity index (χ1n) is 28.7. The molecule has 4 amide bonds. The Morgan fingerprint density at radius 1 is 0.494 bits per heavy atom. The molecule has 3 aliphatic heterocycles. The third-order valence-electron chi connectivity index (χ3n) is 15.1. The summed E-state index contributed by atoms with van der Waals surface area (Å²) in [7, 11) is -8.15. The minimum absolute atomic E-state index is 0.0240. The standard InChI is InChI=1S/C22H23ClN4O3S.C22H21N3O3S.C21H22N4O3S/c1-16-24-21(15-25(16)2)31(29,30)27(14-17-8-10-18(23)11-9-17)20-6-3-5-19(13-20)26-12-4-7-22(26)28;26-22-23-14-15-24(22)19-10-7-11-20(16-19)25(17-18-8-3-1-4-9-18)29(27,28)21-12-5-2-6-13-21;1-23-16-20(14-22-23)29(27,28)25(15-17-7-3-2-4-8-17)19-10-5-9-18(13-19)24-12-6-11-21(24)26/h3,5-6,8-11,13,15H,4,7,12,14H2,1-2H3;1-13,16H,14-15,17H2,(H,23,26);2-5,7-10,13-14,16H,6,11-12,15H2,1H3. The topological polar surface area (TPSA) is 221 Å². The van der Waals surface area contributed by atoms with Crippen LogP contribution in [-0.4, -0.2) is 88.6 Å². The molecule has 0 radical (unpaired) electrons. The monoisotopic (exact) mass is 1280 g/mol. The number of rotatable bonds is 18. The third-order valence-corrected chi connectivity index (χ3v) is 20.5. The van der Waals surface area contributed by atoms with Crippen molar-refractivity contribution in [3.05, 3.63) is 234 Å². The number of sulfonamides is 3. The number of benzene rings is 7. The van der Waals surface area contributed by atoms with Crippen LogP contribution in [0.15, 0.2) is 221 Å². The maximum absolute atomic E-state index is 13.6. The van der Waals surface area contributed by atoms with Gasteiger partial charge < -0.3 is 19.7 Å². The molecule has 3 aliphatic rings. The highest BCUT2D eigenvalue weighted by Gasteiger charge is 2.32. The lowest BCUT2D eigenvalue weighted by Gasteiger charge is -2.26. The van der Waals surface area contributed by atoms with Gasteiger partial charge in [0.1, 0.15) is 10.7 Å². The number of carbonyl (C=O) groups is 3. The summed E-state index contributed by atoms with van der Waals surface area (Å²) in [6.07, 6.45) is 6.97. The van der Waals surface area contributed by atoms with Gasteiger partial charge in [0.2, 0.25) is 11.8 Å². The van der Waals surface area contributed by atoms with Crippen LogP contribution in [0.25, 0.3) is 0 Å². The average molecular weight is 1280 g/mol. The zero-order valence-electron chi connectivity index (χ0n) is 49.2. The fraction of sp³-hybridized carbons (Fsp3) is 0.215. The Kier molecular flexibility index (Phi) is 19.3. The van der Waals surface area contributed by atoms with Crippen molar-refractivity contribution < 1.29 is 39.6 Å². The van der Waals surface area contributed by atoms with Crippen LogP contribution in [0, 0.1) is 6.92 Å². The molecule has 89 heavy (non-hydrogen) atoms.